The predicted octanol–water partition coefficient (Wildman–Crippen LogP) is 7.49. The number of amides is 1. The van der Waals surface area contributed by atoms with Crippen LogP contribution in [0.5, 0.6) is 11.5 Å². The number of thioether (sulfide) groups is 1. The highest BCUT2D eigenvalue weighted by Crippen LogP contribution is 2.45. The van der Waals surface area contributed by atoms with Crippen LogP contribution >= 0.6 is 23.1 Å². The minimum Gasteiger partial charge on any atom is -0.507 e. The quantitative estimate of drug-likeness (QED) is 0.0544. The normalized spacial score (nSPS) is 15.7. The van der Waals surface area contributed by atoms with E-state index >= 15 is 0 Å². The number of carbonyl (C=O) groups is 2. The molecule has 1 saturated heterocycles. The molecule has 5 aromatic rings. The van der Waals surface area contributed by atoms with Crippen LogP contribution in [-0.2, 0) is 21.9 Å². The number of ketones is 1. The third kappa shape index (κ3) is 6.51. The van der Waals surface area contributed by atoms with Crippen LogP contribution in [-0.4, -0.2) is 34.1 Å². The second kappa shape index (κ2) is 13.6. The molecule has 8 nitrogen and oxygen atoms in total. The molecule has 0 aliphatic carbocycles. The van der Waals surface area contributed by atoms with E-state index in [-0.39, 0.29) is 22.3 Å². The summed E-state index contributed by atoms with van der Waals surface area (Å²) in [5.41, 5.74) is 3.67. The van der Waals surface area contributed by atoms with E-state index in [4.69, 9.17) is 9.47 Å². The van der Waals surface area contributed by atoms with Gasteiger partial charge in [-0.2, -0.15) is 0 Å². The van der Waals surface area contributed by atoms with Crippen LogP contribution in [0, 0.1) is 12.7 Å². The number of carbonyl (C=O) groups excluding carboxylic acids is 2. The first-order valence-corrected chi connectivity index (χ1v) is 16.1. The lowest BCUT2D eigenvalue weighted by Crippen LogP contribution is -2.29. The van der Waals surface area contributed by atoms with Gasteiger partial charge in [0.1, 0.15) is 18.2 Å². The topological polar surface area (TPSA) is 102 Å². The van der Waals surface area contributed by atoms with Crippen molar-refractivity contribution >= 4 is 45.7 Å². The Morgan fingerprint density at radius 3 is 2.39 bits per heavy atom. The molecule has 1 aliphatic rings. The fraction of sp³-hybridized carbons (Fsp3) is 0.143. The minimum atomic E-state index is -1.03. The predicted molar refractivity (Wildman–Crippen MR) is 176 cm³/mol. The van der Waals surface area contributed by atoms with Crippen LogP contribution < -0.4 is 14.4 Å². The number of hydrogen-bond acceptors (Lipinski definition) is 9. The standard InChI is InChI=1S/C35H28FN3O5S2/c1-21-8-12-24(13-9-21)31(40)29-30(25-14-17-27(28(18-25)43-2)44-19-22-6-4-3-5-7-22)39(33(42)32(29)41)34-37-38-35(46-34)45-20-23-10-15-26(36)16-11-23/h3-18,30,40H,19-20H2,1-2H3/b31-29-. The van der Waals surface area contributed by atoms with Gasteiger partial charge in [0.15, 0.2) is 15.8 Å². The van der Waals surface area contributed by atoms with Crippen molar-refractivity contribution < 1.29 is 28.6 Å². The SMILES string of the molecule is COc1cc(C2/C(=C(/O)c3ccc(C)cc3)C(=O)C(=O)N2c2nnc(SCc3ccc(F)cc3)s2)ccc1OCc1ccccc1. The Morgan fingerprint density at radius 2 is 1.67 bits per heavy atom. The van der Waals surface area contributed by atoms with Gasteiger partial charge in [0.2, 0.25) is 5.13 Å². The Labute approximate surface area is 273 Å². The maximum atomic E-state index is 13.7. The van der Waals surface area contributed by atoms with Crippen molar-refractivity contribution in [3.05, 3.63) is 136 Å². The Hall–Kier alpha value is -5.00. The van der Waals surface area contributed by atoms with Crippen molar-refractivity contribution in [2.24, 2.45) is 0 Å². The molecule has 11 heteroatoms. The molecule has 232 valence electrons. The molecule has 1 N–H and O–H groups in total. The fourth-order valence-electron chi connectivity index (χ4n) is 5.00. The molecule has 1 aliphatic heterocycles. The number of aryl methyl sites for hydroxylation is 1. The van der Waals surface area contributed by atoms with Gasteiger partial charge in [-0.3, -0.25) is 14.5 Å². The highest BCUT2D eigenvalue weighted by molar-refractivity contribution is 8.00. The summed E-state index contributed by atoms with van der Waals surface area (Å²) in [6.45, 7) is 2.23. The van der Waals surface area contributed by atoms with Crippen molar-refractivity contribution in [3.8, 4) is 11.5 Å². The van der Waals surface area contributed by atoms with Crippen LogP contribution in [0.1, 0.15) is 33.9 Å². The van der Waals surface area contributed by atoms with Gasteiger partial charge in [-0.1, -0.05) is 101 Å². The Bertz CT molecular complexity index is 1910. The number of aliphatic hydroxyl groups is 1. The maximum Gasteiger partial charge on any atom is 0.301 e. The molecule has 0 bridgehead atoms. The lowest BCUT2D eigenvalue weighted by molar-refractivity contribution is -0.132. The number of hydrogen-bond donors (Lipinski definition) is 1. The van der Waals surface area contributed by atoms with Crippen LogP contribution in [0.4, 0.5) is 9.52 Å². The van der Waals surface area contributed by atoms with Gasteiger partial charge < -0.3 is 14.6 Å². The molecule has 1 amide bonds. The minimum absolute atomic E-state index is 0.0791. The highest BCUT2D eigenvalue weighted by Gasteiger charge is 2.48. The lowest BCUT2D eigenvalue weighted by atomic mass is 9.95. The number of Topliss-reactive ketones (excluding diaryl/α,β-unsaturated/α-hetero) is 1. The molecular weight excluding hydrogens is 626 g/mol. The highest BCUT2D eigenvalue weighted by atomic mass is 32.2. The van der Waals surface area contributed by atoms with Crippen LogP contribution in [0.15, 0.2) is 107 Å². The molecule has 0 radical (unpaired) electrons. The Morgan fingerprint density at radius 1 is 0.935 bits per heavy atom. The largest absolute Gasteiger partial charge is 0.507 e. The number of halogens is 1. The monoisotopic (exact) mass is 653 g/mol. The molecule has 46 heavy (non-hydrogen) atoms. The fourth-order valence-corrected chi connectivity index (χ4v) is 6.83. The first kappa shape index (κ1) is 31.0. The number of rotatable bonds is 10. The second-order valence-corrected chi connectivity index (χ2v) is 12.7. The van der Waals surface area contributed by atoms with E-state index in [9.17, 15) is 19.1 Å². The van der Waals surface area contributed by atoms with Crippen LogP contribution in [0.25, 0.3) is 5.76 Å². The summed E-state index contributed by atoms with van der Waals surface area (Å²) < 4.78 is 25.6. The van der Waals surface area contributed by atoms with Crippen molar-refractivity contribution in [2.75, 3.05) is 12.0 Å². The van der Waals surface area contributed by atoms with Gasteiger partial charge in [-0.25, -0.2) is 4.39 Å². The molecule has 6 rings (SSSR count). The summed E-state index contributed by atoms with van der Waals surface area (Å²) in [5.74, 6) is -0.935. The molecule has 1 atom stereocenters. The van der Waals surface area contributed by atoms with E-state index in [1.54, 1.807) is 42.5 Å². The smallest absolute Gasteiger partial charge is 0.301 e. The molecular formula is C35H28FN3O5S2. The van der Waals surface area contributed by atoms with Gasteiger partial charge in [0, 0.05) is 11.3 Å². The summed E-state index contributed by atoms with van der Waals surface area (Å²) in [6, 6.07) is 27.0. The number of ether oxygens (including phenoxy) is 2. The average Bonchev–Trinajstić information content (AvgIpc) is 3.65. The zero-order valence-corrected chi connectivity index (χ0v) is 26.5. The summed E-state index contributed by atoms with van der Waals surface area (Å²) in [7, 11) is 1.51. The Kier molecular flexibility index (Phi) is 9.13. The van der Waals surface area contributed by atoms with Crippen molar-refractivity contribution in [1.29, 1.82) is 0 Å². The van der Waals surface area contributed by atoms with E-state index in [0.29, 0.717) is 39.3 Å². The molecule has 0 saturated carbocycles. The number of aliphatic hydroxyl groups excluding tert-OH is 1. The molecule has 4 aromatic carbocycles. The zero-order chi connectivity index (χ0) is 32.2. The molecule has 2 heterocycles. The zero-order valence-electron chi connectivity index (χ0n) is 24.8. The third-order valence-corrected chi connectivity index (χ3v) is 9.51. The lowest BCUT2D eigenvalue weighted by Gasteiger charge is -2.23. The van der Waals surface area contributed by atoms with Gasteiger partial charge in [0.05, 0.1) is 18.7 Å². The van der Waals surface area contributed by atoms with E-state index in [1.807, 2.05) is 49.4 Å². The third-order valence-electron chi connectivity index (χ3n) is 7.39. The Balaban J connectivity index is 1.37. The van der Waals surface area contributed by atoms with Crippen LogP contribution in [0.2, 0.25) is 0 Å². The summed E-state index contributed by atoms with van der Waals surface area (Å²) in [6.07, 6.45) is 0. The van der Waals surface area contributed by atoms with Gasteiger partial charge in [-0.05, 0) is 47.9 Å². The number of aromatic nitrogens is 2. The molecule has 1 unspecified atom stereocenters. The van der Waals surface area contributed by atoms with Gasteiger partial charge in [0.25, 0.3) is 5.78 Å². The van der Waals surface area contributed by atoms with E-state index < -0.39 is 17.7 Å². The first-order valence-electron chi connectivity index (χ1n) is 14.3. The van der Waals surface area contributed by atoms with Gasteiger partial charge >= 0.3 is 5.91 Å². The van der Waals surface area contributed by atoms with Crippen LogP contribution in [0.3, 0.4) is 0 Å². The number of methoxy groups -OCH3 is 1. The second-order valence-electron chi connectivity index (χ2n) is 10.5. The van der Waals surface area contributed by atoms with E-state index in [0.717, 1.165) is 28.0 Å². The number of benzene rings is 4. The van der Waals surface area contributed by atoms with E-state index in [1.165, 1.54) is 35.9 Å². The van der Waals surface area contributed by atoms with Crippen molar-refractivity contribution in [3.63, 3.8) is 0 Å². The summed E-state index contributed by atoms with van der Waals surface area (Å²) in [5, 5.41) is 20.2. The molecule has 1 fully saturated rings. The summed E-state index contributed by atoms with van der Waals surface area (Å²) in [4.78, 5) is 28.6. The molecule has 0 spiro atoms. The number of anilines is 1. The van der Waals surface area contributed by atoms with Crippen molar-refractivity contribution in [1.82, 2.24) is 10.2 Å². The first-order chi connectivity index (χ1) is 22.3. The molecule has 1 aromatic heterocycles. The maximum absolute atomic E-state index is 13.7. The number of nitrogens with zero attached hydrogens (tertiary/aromatic N) is 3. The van der Waals surface area contributed by atoms with Crippen molar-refractivity contribution in [2.45, 2.75) is 29.7 Å². The van der Waals surface area contributed by atoms with E-state index in [2.05, 4.69) is 10.2 Å². The summed E-state index contributed by atoms with van der Waals surface area (Å²) >= 11 is 2.52. The van der Waals surface area contributed by atoms with Gasteiger partial charge in [-0.15, -0.1) is 10.2 Å². The average molecular weight is 654 g/mol.